The first-order valence-corrected chi connectivity index (χ1v) is 8.41. The molecule has 0 fully saturated rings. The van der Waals surface area contributed by atoms with E-state index in [9.17, 15) is 9.36 Å². The summed E-state index contributed by atoms with van der Waals surface area (Å²) < 4.78 is 12.6. The number of hydrogen-bond donors (Lipinski definition) is 0. The third-order valence-electron chi connectivity index (χ3n) is 3.90. The van der Waals surface area contributed by atoms with Crippen LogP contribution in [0.3, 0.4) is 0 Å². The van der Waals surface area contributed by atoms with Crippen LogP contribution in [0.2, 0.25) is 0 Å². The molecule has 2 nitrogen and oxygen atoms in total. The zero-order valence-corrected chi connectivity index (χ0v) is 13.4. The van der Waals surface area contributed by atoms with Crippen LogP contribution in [0.25, 0.3) is 10.8 Å². The van der Waals surface area contributed by atoms with Crippen molar-refractivity contribution in [3.05, 3.63) is 77.4 Å². The summed E-state index contributed by atoms with van der Waals surface area (Å²) in [6.45, 7) is 3.83. The molecule has 0 aliphatic heterocycles. The van der Waals surface area contributed by atoms with Crippen LogP contribution in [0.4, 0.5) is 0 Å². The zero-order valence-electron chi connectivity index (χ0n) is 12.5. The number of hydrogen-bond acceptors (Lipinski definition) is 2. The highest BCUT2D eigenvalue weighted by Gasteiger charge is 2.35. The Morgan fingerprint density at radius 3 is 2.27 bits per heavy atom. The molecule has 0 radical (unpaired) electrons. The molecule has 0 spiro atoms. The van der Waals surface area contributed by atoms with Gasteiger partial charge in [-0.05, 0) is 47.9 Å². The highest BCUT2D eigenvalue weighted by Crippen LogP contribution is 2.33. The number of carbonyl (C=O) groups excluding carboxylic acids is 1. The van der Waals surface area contributed by atoms with Crippen LogP contribution in [0, 0.1) is 13.8 Å². The van der Waals surface area contributed by atoms with Gasteiger partial charge >= 0.3 is 13.3 Å². The Kier molecular flexibility index (Phi) is 3.87. The van der Waals surface area contributed by atoms with Gasteiger partial charge < -0.3 is 0 Å². The van der Waals surface area contributed by atoms with Crippen molar-refractivity contribution >= 4 is 29.4 Å². The molecule has 0 aromatic heterocycles. The van der Waals surface area contributed by atoms with Gasteiger partial charge in [-0.15, -0.1) is 0 Å². The average molecular weight is 307 g/mol. The smallest absolute Gasteiger partial charge is 0.234 e. The van der Waals surface area contributed by atoms with Crippen molar-refractivity contribution in [2.45, 2.75) is 13.8 Å². The Morgan fingerprint density at radius 2 is 1.55 bits per heavy atom. The molecule has 3 aromatic carbocycles. The predicted molar refractivity (Wildman–Crippen MR) is 91.4 cm³/mol. The van der Waals surface area contributed by atoms with Crippen molar-refractivity contribution in [3.8, 4) is 0 Å². The molecule has 1 unspecified atom stereocenters. The Bertz CT molecular complexity index is 883. The van der Waals surface area contributed by atoms with E-state index in [1.165, 1.54) is 0 Å². The van der Waals surface area contributed by atoms with Gasteiger partial charge in [0.2, 0.25) is 0 Å². The average Bonchev–Trinajstić information content (AvgIpc) is 2.55. The minimum absolute atomic E-state index is 0.290. The SMILES string of the molecule is Cc1cc2ccccc2c(C)c1C(=O)[P+](=O)c1ccccc1. The lowest BCUT2D eigenvalue weighted by molar-refractivity contribution is 0.107. The molecule has 108 valence electrons. The quantitative estimate of drug-likeness (QED) is 0.654. The number of benzene rings is 3. The molecular formula is C19H16O2P+. The summed E-state index contributed by atoms with van der Waals surface area (Å²) in [5.74, 6) is 0. The van der Waals surface area contributed by atoms with Crippen molar-refractivity contribution in [2.75, 3.05) is 0 Å². The highest BCUT2D eigenvalue weighted by atomic mass is 31.1. The second kappa shape index (κ2) is 5.82. The van der Waals surface area contributed by atoms with E-state index in [1.54, 1.807) is 24.3 Å². The van der Waals surface area contributed by atoms with Crippen LogP contribution in [-0.4, -0.2) is 5.52 Å². The van der Waals surface area contributed by atoms with Crippen LogP contribution < -0.4 is 5.30 Å². The number of rotatable bonds is 3. The topological polar surface area (TPSA) is 34.1 Å². The van der Waals surface area contributed by atoms with Gasteiger partial charge in [0, 0.05) is 0 Å². The third-order valence-corrected chi connectivity index (χ3v) is 5.25. The largest absolute Gasteiger partial charge is 0.458 e. The molecule has 22 heavy (non-hydrogen) atoms. The van der Waals surface area contributed by atoms with Crippen LogP contribution in [0.5, 0.6) is 0 Å². The molecule has 0 aliphatic rings. The molecule has 0 saturated carbocycles. The molecule has 0 aliphatic carbocycles. The lowest BCUT2D eigenvalue weighted by Crippen LogP contribution is -2.07. The van der Waals surface area contributed by atoms with Crippen molar-refractivity contribution in [3.63, 3.8) is 0 Å². The van der Waals surface area contributed by atoms with Crippen molar-refractivity contribution in [1.82, 2.24) is 0 Å². The summed E-state index contributed by atoms with van der Waals surface area (Å²) in [5, 5.41) is 2.71. The van der Waals surface area contributed by atoms with Gasteiger partial charge in [0.05, 0.1) is 5.56 Å². The van der Waals surface area contributed by atoms with Gasteiger partial charge in [0.25, 0.3) is 0 Å². The molecular weight excluding hydrogens is 291 g/mol. The number of fused-ring (bicyclic) bond motifs is 1. The minimum Gasteiger partial charge on any atom is -0.234 e. The molecule has 1 atom stereocenters. The molecule has 3 rings (SSSR count). The van der Waals surface area contributed by atoms with E-state index < -0.39 is 7.80 Å². The van der Waals surface area contributed by atoms with Gasteiger partial charge in [-0.25, -0.2) is 4.79 Å². The van der Waals surface area contributed by atoms with Crippen LogP contribution in [0.15, 0.2) is 60.7 Å². The third kappa shape index (κ3) is 2.47. The number of aryl methyl sites for hydroxylation is 2. The first kappa shape index (κ1) is 14.6. The zero-order chi connectivity index (χ0) is 15.7. The first-order valence-electron chi connectivity index (χ1n) is 7.15. The molecule has 0 saturated heterocycles. The summed E-state index contributed by atoms with van der Waals surface area (Å²) >= 11 is 0. The molecule has 0 amide bonds. The second-order valence-corrected chi connectivity index (χ2v) is 6.86. The van der Waals surface area contributed by atoms with E-state index in [0.717, 1.165) is 21.9 Å². The monoisotopic (exact) mass is 307 g/mol. The predicted octanol–water partition coefficient (Wildman–Crippen LogP) is 4.75. The minimum atomic E-state index is -2.09. The van der Waals surface area contributed by atoms with Crippen LogP contribution in [-0.2, 0) is 4.57 Å². The molecule has 0 heterocycles. The van der Waals surface area contributed by atoms with Gasteiger partial charge in [0.1, 0.15) is 0 Å². The maximum atomic E-state index is 12.7. The van der Waals surface area contributed by atoms with Gasteiger partial charge in [-0.1, -0.05) is 53.1 Å². The molecule has 3 aromatic rings. The van der Waals surface area contributed by atoms with Crippen molar-refractivity contribution < 1.29 is 9.36 Å². The Labute approximate surface area is 130 Å². The van der Waals surface area contributed by atoms with Crippen molar-refractivity contribution in [2.24, 2.45) is 0 Å². The van der Waals surface area contributed by atoms with E-state index in [0.29, 0.717) is 10.9 Å². The van der Waals surface area contributed by atoms with Gasteiger partial charge in [0.15, 0.2) is 5.30 Å². The Hall–Kier alpha value is -2.31. The maximum absolute atomic E-state index is 12.7. The van der Waals surface area contributed by atoms with E-state index >= 15 is 0 Å². The first-order chi connectivity index (χ1) is 10.6. The summed E-state index contributed by atoms with van der Waals surface area (Å²) in [4.78, 5) is 12.7. The fraction of sp³-hybridized carbons (Fsp3) is 0.105. The number of carbonyl (C=O) groups is 1. The van der Waals surface area contributed by atoms with E-state index in [-0.39, 0.29) is 5.52 Å². The summed E-state index contributed by atoms with van der Waals surface area (Å²) in [6, 6.07) is 18.9. The summed E-state index contributed by atoms with van der Waals surface area (Å²) in [5.41, 5.74) is 2.07. The normalized spacial score (nSPS) is 11.5. The van der Waals surface area contributed by atoms with Gasteiger partial charge in [-0.2, -0.15) is 0 Å². The summed E-state index contributed by atoms with van der Waals surface area (Å²) in [7, 11) is -2.09. The maximum Gasteiger partial charge on any atom is 0.458 e. The second-order valence-electron chi connectivity index (χ2n) is 5.35. The van der Waals surface area contributed by atoms with Crippen molar-refractivity contribution in [1.29, 1.82) is 0 Å². The fourth-order valence-electron chi connectivity index (χ4n) is 2.81. The fourth-order valence-corrected chi connectivity index (χ4v) is 4.04. The van der Waals surface area contributed by atoms with Crippen LogP contribution >= 0.6 is 7.80 Å². The lowest BCUT2D eigenvalue weighted by Gasteiger charge is -2.08. The Morgan fingerprint density at radius 1 is 0.909 bits per heavy atom. The highest BCUT2D eigenvalue weighted by molar-refractivity contribution is 7.71. The lowest BCUT2D eigenvalue weighted by atomic mass is 9.96. The van der Waals surface area contributed by atoms with E-state index in [2.05, 4.69) is 0 Å². The van der Waals surface area contributed by atoms with Gasteiger partial charge in [-0.3, -0.25) is 0 Å². The molecule has 0 bridgehead atoms. The summed E-state index contributed by atoms with van der Waals surface area (Å²) in [6.07, 6.45) is 0. The van der Waals surface area contributed by atoms with E-state index in [1.807, 2.05) is 50.2 Å². The molecule has 0 N–H and O–H groups in total. The Balaban J connectivity index is 2.14. The standard InChI is InChI=1S/C19H16O2P/c1-13-12-15-8-6-7-11-17(15)14(2)18(13)19(20)22(21)16-9-4-3-5-10-16/h3-12H,1-2H3/q+1. The van der Waals surface area contributed by atoms with Crippen LogP contribution in [0.1, 0.15) is 21.5 Å². The van der Waals surface area contributed by atoms with E-state index in [4.69, 9.17) is 0 Å². The molecule has 3 heteroatoms.